The summed E-state index contributed by atoms with van der Waals surface area (Å²) in [5.74, 6) is 0.0195. The summed E-state index contributed by atoms with van der Waals surface area (Å²) in [6, 6.07) is 4.53. The third-order valence-electron chi connectivity index (χ3n) is 3.50. The second kappa shape index (κ2) is 5.17. The molecule has 1 aliphatic rings. The number of methoxy groups -OCH3 is 1. The largest absolute Gasteiger partial charge is 0.494 e. The number of carbonyl (C=O) groups excluding carboxylic acids is 1. The Labute approximate surface area is 112 Å². The van der Waals surface area contributed by atoms with Crippen LogP contribution in [0.1, 0.15) is 25.6 Å². The first kappa shape index (κ1) is 13.8. The van der Waals surface area contributed by atoms with Crippen molar-refractivity contribution in [3.63, 3.8) is 0 Å². The average molecular weight is 266 g/mol. The van der Waals surface area contributed by atoms with Crippen molar-refractivity contribution in [2.24, 2.45) is 5.92 Å². The predicted molar refractivity (Wildman–Crippen MR) is 70.2 cm³/mol. The van der Waals surface area contributed by atoms with Gasteiger partial charge in [0.25, 0.3) is 0 Å². The maximum Gasteiger partial charge on any atom is 0.241 e. The van der Waals surface area contributed by atoms with Crippen molar-refractivity contribution >= 4 is 5.91 Å². The van der Waals surface area contributed by atoms with E-state index in [-0.39, 0.29) is 29.8 Å². The topological polar surface area (TPSA) is 41.6 Å². The second-order valence-corrected chi connectivity index (χ2v) is 5.13. The Balaban J connectivity index is 2.28. The minimum absolute atomic E-state index is 0.0382. The van der Waals surface area contributed by atoms with Crippen LogP contribution in [0.5, 0.6) is 5.75 Å². The van der Waals surface area contributed by atoms with Crippen LogP contribution < -0.4 is 10.1 Å². The molecule has 2 rings (SSSR count). The van der Waals surface area contributed by atoms with Gasteiger partial charge in [0.2, 0.25) is 5.91 Å². The molecule has 1 heterocycles. The lowest BCUT2D eigenvalue weighted by Gasteiger charge is -2.20. The van der Waals surface area contributed by atoms with Crippen molar-refractivity contribution in [1.82, 2.24) is 10.2 Å². The maximum absolute atomic E-state index is 13.7. The SMILES string of the molecule is COc1ccc(C2NC(C(C)C)C(=O)N2C)cc1F. The summed E-state index contributed by atoms with van der Waals surface area (Å²) in [4.78, 5) is 13.7. The quantitative estimate of drug-likeness (QED) is 0.908. The molecule has 1 fully saturated rings. The Hall–Kier alpha value is -1.62. The van der Waals surface area contributed by atoms with Crippen molar-refractivity contribution < 1.29 is 13.9 Å². The molecule has 1 aromatic rings. The molecule has 104 valence electrons. The first-order valence-corrected chi connectivity index (χ1v) is 6.32. The summed E-state index contributed by atoms with van der Waals surface area (Å²) in [7, 11) is 3.15. The van der Waals surface area contributed by atoms with Crippen LogP contribution in [0, 0.1) is 11.7 Å². The van der Waals surface area contributed by atoms with Gasteiger partial charge in [-0.2, -0.15) is 0 Å². The van der Waals surface area contributed by atoms with Gasteiger partial charge in [-0.25, -0.2) is 4.39 Å². The van der Waals surface area contributed by atoms with E-state index >= 15 is 0 Å². The van der Waals surface area contributed by atoms with E-state index in [9.17, 15) is 9.18 Å². The highest BCUT2D eigenvalue weighted by molar-refractivity contribution is 5.84. The van der Waals surface area contributed by atoms with E-state index in [0.717, 1.165) is 5.56 Å². The fourth-order valence-electron chi connectivity index (χ4n) is 2.35. The Morgan fingerprint density at radius 2 is 2.11 bits per heavy atom. The van der Waals surface area contributed by atoms with E-state index in [1.807, 2.05) is 13.8 Å². The lowest BCUT2D eigenvalue weighted by molar-refractivity contribution is -0.129. The first-order valence-electron chi connectivity index (χ1n) is 6.32. The van der Waals surface area contributed by atoms with Crippen LogP contribution in [0.4, 0.5) is 4.39 Å². The number of nitrogens with one attached hydrogen (secondary N) is 1. The number of benzene rings is 1. The molecular weight excluding hydrogens is 247 g/mol. The lowest BCUT2D eigenvalue weighted by atomic mass is 10.1. The molecule has 1 N–H and O–H groups in total. The van der Waals surface area contributed by atoms with Crippen molar-refractivity contribution in [2.45, 2.75) is 26.1 Å². The van der Waals surface area contributed by atoms with Gasteiger partial charge in [-0.3, -0.25) is 10.1 Å². The van der Waals surface area contributed by atoms with Gasteiger partial charge in [-0.1, -0.05) is 19.9 Å². The first-order chi connectivity index (χ1) is 8.95. The molecular formula is C14H19FN2O2. The lowest BCUT2D eigenvalue weighted by Crippen LogP contribution is -2.33. The van der Waals surface area contributed by atoms with Crippen LogP contribution in [0.15, 0.2) is 18.2 Å². The number of hydrogen-bond acceptors (Lipinski definition) is 3. The normalized spacial score (nSPS) is 23.3. The van der Waals surface area contributed by atoms with Crippen molar-refractivity contribution in [2.75, 3.05) is 14.2 Å². The van der Waals surface area contributed by atoms with Crippen molar-refractivity contribution in [1.29, 1.82) is 0 Å². The molecule has 2 atom stereocenters. The zero-order valence-corrected chi connectivity index (χ0v) is 11.6. The summed E-state index contributed by atoms with van der Waals surface area (Å²) < 4.78 is 18.6. The van der Waals surface area contributed by atoms with E-state index in [2.05, 4.69) is 5.32 Å². The minimum atomic E-state index is -0.421. The van der Waals surface area contributed by atoms with Crippen molar-refractivity contribution in [3.05, 3.63) is 29.6 Å². The highest BCUT2D eigenvalue weighted by atomic mass is 19.1. The molecule has 0 aliphatic carbocycles. The Bertz CT molecular complexity index is 490. The number of nitrogens with zero attached hydrogens (tertiary/aromatic N) is 1. The van der Waals surface area contributed by atoms with Gasteiger partial charge in [0.15, 0.2) is 11.6 Å². The van der Waals surface area contributed by atoms with Gasteiger partial charge >= 0.3 is 0 Å². The predicted octanol–water partition coefficient (Wildman–Crippen LogP) is 1.92. The molecule has 2 unspecified atom stereocenters. The number of amides is 1. The number of carbonyl (C=O) groups is 1. The van der Waals surface area contributed by atoms with Gasteiger partial charge in [-0.15, -0.1) is 0 Å². The van der Waals surface area contributed by atoms with Crippen LogP contribution in [0.2, 0.25) is 0 Å². The molecule has 0 saturated carbocycles. The standard InChI is InChI=1S/C14H19FN2O2/c1-8(2)12-14(18)17(3)13(16-12)9-5-6-11(19-4)10(15)7-9/h5-8,12-13,16H,1-4H3. The zero-order chi connectivity index (χ0) is 14.2. The molecule has 4 nitrogen and oxygen atoms in total. The highest BCUT2D eigenvalue weighted by Crippen LogP contribution is 2.29. The third-order valence-corrected chi connectivity index (χ3v) is 3.50. The molecule has 1 aliphatic heterocycles. The van der Waals surface area contributed by atoms with Gasteiger partial charge in [-0.05, 0) is 23.6 Å². The van der Waals surface area contributed by atoms with E-state index in [4.69, 9.17) is 4.74 Å². The van der Waals surface area contributed by atoms with Gasteiger partial charge < -0.3 is 9.64 Å². The summed E-state index contributed by atoms with van der Waals surface area (Å²) in [6.07, 6.45) is -0.291. The fourth-order valence-corrected chi connectivity index (χ4v) is 2.35. The van der Waals surface area contributed by atoms with Crippen LogP contribution >= 0.6 is 0 Å². The van der Waals surface area contributed by atoms with Crippen molar-refractivity contribution in [3.8, 4) is 5.75 Å². The fraction of sp³-hybridized carbons (Fsp3) is 0.500. The van der Waals surface area contributed by atoms with Crippen LogP contribution in [0.3, 0.4) is 0 Å². The zero-order valence-electron chi connectivity index (χ0n) is 11.6. The van der Waals surface area contributed by atoms with Crippen LogP contribution in [0.25, 0.3) is 0 Å². The van der Waals surface area contributed by atoms with E-state index in [1.165, 1.54) is 13.2 Å². The van der Waals surface area contributed by atoms with Gasteiger partial charge in [0.05, 0.1) is 13.2 Å². The van der Waals surface area contributed by atoms with Gasteiger partial charge in [0, 0.05) is 7.05 Å². The molecule has 1 aromatic carbocycles. The average Bonchev–Trinajstić information content (AvgIpc) is 2.66. The smallest absolute Gasteiger partial charge is 0.241 e. The number of hydrogen-bond donors (Lipinski definition) is 1. The Morgan fingerprint density at radius 3 is 2.58 bits per heavy atom. The molecule has 1 saturated heterocycles. The second-order valence-electron chi connectivity index (χ2n) is 5.13. The molecule has 19 heavy (non-hydrogen) atoms. The van der Waals surface area contributed by atoms with Crippen LogP contribution in [-0.2, 0) is 4.79 Å². The minimum Gasteiger partial charge on any atom is -0.494 e. The van der Waals surface area contributed by atoms with Gasteiger partial charge in [0.1, 0.15) is 6.17 Å². The number of ether oxygens (including phenoxy) is 1. The molecule has 1 amide bonds. The van der Waals surface area contributed by atoms with Crippen LogP contribution in [-0.4, -0.2) is 31.0 Å². The molecule has 0 radical (unpaired) electrons. The Morgan fingerprint density at radius 1 is 1.42 bits per heavy atom. The summed E-state index contributed by atoms with van der Waals surface area (Å²) >= 11 is 0. The number of rotatable bonds is 3. The third kappa shape index (κ3) is 2.42. The summed E-state index contributed by atoms with van der Waals surface area (Å²) in [5.41, 5.74) is 0.720. The molecule has 0 aromatic heterocycles. The highest BCUT2D eigenvalue weighted by Gasteiger charge is 2.38. The van der Waals surface area contributed by atoms with E-state index in [0.29, 0.717) is 0 Å². The Kier molecular flexibility index (Phi) is 3.75. The molecule has 0 spiro atoms. The molecule has 0 bridgehead atoms. The summed E-state index contributed by atoms with van der Waals surface area (Å²) in [6.45, 7) is 3.97. The van der Waals surface area contributed by atoms with E-state index < -0.39 is 5.82 Å². The van der Waals surface area contributed by atoms with E-state index in [1.54, 1.807) is 24.1 Å². The molecule has 5 heteroatoms. The number of likely N-dealkylation sites (N-methyl/N-ethyl adjacent to an activating group) is 1. The number of halogens is 1. The monoisotopic (exact) mass is 266 g/mol. The summed E-state index contributed by atoms with van der Waals surface area (Å²) in [5, 5.41) is 3.24. The maximum atomic E-state index is 13.7.